The first-order valence-electron chi connectivity index (χ1n) is 5.16. The van der Waals surface area contributed by atoms with Gasteiger partial charge in [0.05, 0.1) is 6.61 Å². The van der Waals surface area contributed by atoms with Crippen molar-refractivity contribution >= 4 is 0 Å². The molecular formula is C11H20O2. The van der Waals surface area contributed by atoms with Gasteiger partial charge in [0.2, 0.25) is 0 Å². The highest BCUT2D eigenvalue weighted by molar-refractivity contribution is 4.86. The minimum atomic E-state index is 0.0684. The second kappa shape index (κ2) is 6.17. The van der Waals surface area contributed by atoms with Gasteiger partial charge in [0.15, 0.2) is 6.29 Å². The van der Waals surface area contributed by atoms with Crippen LogP contribution in [0.5, 0.6) is 0 Å². The Balaban J connectivity index is 1.95. The summed E-state index contributed by atoms with van der Waals surface area (Å²) in [7, 11) is 0. The van der Waals surface area contributed by atoms with Crippen LogP contribution in [-0.2, 0) is 9.47 Å². The predicted octanol–water partition coefficient (Wildman–Crippen LogP) is 2.89. The molecule has 1 unspecified atom stereocenters. The van der Waals surface area contributed by atoms with E-state index in [9.17, 15) is 0 Å². The molecule has 2 nitrogen and oxygen atoms in total. The first kappa shape index (κ1) is 10.7. The number of hydrogen-bond acceptors (Lipinski definition) is 2. The van der Waals surface area contributed by atoms with Gasteiger partial charge in [0.25, 0.3) is 0 Å². The quantitative estimate of drug-likeness (QED) is 0.483. The third kappa shape index (κ3) is 5.06. The van der Waals surface area contributed by atoms with Crippen molar-refractivity contribution in [1.29, 1.82) is 0 Å². The average molecular weight is 184 g/mol. The lowest BCUT2D eigenvalue weighted by Gasteiger charge is -2.22. The lowest BCUT2D eigenvalue weighted by atomic mass is 10.2. The molecule has 1 saturated heterocycles. The van der Waals surface area contributed by atoms with Crippen LogP contribution >= 0.6 is 0 Å². The maximum atomic E-state index is 5.57. The van der Waals surface area contributed by atoms with E-state index >= 15 is 0 Å². The van der Waals surface area contributed by atoms with Crippen LogP contribution in [0.2, 0.25) is 0 Å². The van der Waals surface area contributed by atoms with E-state index in [1.807, 2.05) is 0 Å². The third-order valence-electron chi connectivity index (χ3n) is 2.19. The first-order valence-corrected chi connectivity index (χ1v) is 5.16. The maximum Gasteiger partial charge on any atom is 0.157 e. The lowest BCUT2D eigenvalue weighted by Crippen LogP contribution is -2.22. The Bertz CT molecular complexity index is 148. The summed E-state index contributed by atoms with van der Waals surface area (Å²) in [6, 6.07) is 0. The van der Waals surface area contributed by atoms with Crippen molar-refractivity contribution in [2.45, 2.75) is 45.3 Å². The van der Waals surface area contributed by atoms with Crippen LogP contribution in [0.1, 0.15) is 39.0 Å². The minimum Gasteiger partial charge on any atom is -0.353 e. The fourth-order valence-corrected chi connectivity index (χ4v) is 1.43. The number of rotatable bonds is 5. The van der Waals surface area contributed by atoms with Gasteiger partial charge in [0, 0.05) is 6.61 Å². The molecule has 0 aromatic rings. The monoisotopic (exact) mass is 184 g/mol. The topological polar surface area (TPSA) is 18.5 Å². The molecule has 0 saturated carbocycles. The molecule has 1 fully saturated rings. The van der Waals surface area contributed by atoms with Crippen molar-refractivity contribution in [3.63, 3.8) is 0 Å². The molecule has 0 aromatic carbocycles. The molecule has 0 amide bonds. The Morgan fingerprint density at radius 3 is 3.00 bits per heavy atom. The highest BCUT2D eigenvalue weighted by Gasteiger charge is 2.12. The van der Waals surface area contributed by atoms with Gasteiger partial charge in [-0.05, 0) is 39.0 Å². The summed E-state index contributed by atoms with van der Waals surface area (Å²) in [6.45, 7) is 7.57. The summed E-state index contributed by atoms with van der Waals surface area (Å²) in [5.41, 5.74) is 1.23. The predicted molar refractivity (Wildman–Crippen MR) is 53.6 cm³/mol. The lowest BCUT2D eigenvalue weighted by molar-refractivity contribution is -0.162. The maximum absolute atomic E-state index is 5.57. The van der Waals surface area contributed by atoms with E-state index in [2.05, 4.69) is 13.5 Å². The van der Waals surface area contributed by atoms with Crippen molar-refractivity contribution in [2.24, 2.45) is 0 Å². The molecule has 0 bridgehead atoms. The van der Waals surface area contributed by atoms with Crippen LogP contribution in [0.15, 0.2) is 12.2 Å². The van der Waals surface area contributed by atoms with Gasteiger partial charge in [-0.1, -0.05) is 5.57 Å². The highest BCUT2D eigenvalue weighted by atomic mass is 16.7. The van der Waals surface area contributed by atoms with Crippen LogP contribution in [0.3, 0.4) is 0 Å². The van der Waals surface area contributed by atoms with Gasteiger partial charge in [-0.15, -0.1) is 6.58 Å². The van der Waals surface area contributed by atoms with E-state index in [0.29, 0.717) is 0 Å². The van der Waals surface area contributed by atoms with E-state index in [0.717, 1.165) is 32.5 Å². The van der Waals surface area contributed by atoms with E-state index in [1.54, 1.807) is 0 Å². The molecule has 1 atom stereocenters. The van der Waals surface area contributed by atoms with E-state index in [1.165, 1.54) is 18.4 Å². The molecule has 0 aliphatic carbocycles. The zero-order valence-corrected chi connectivity index (χ0v) is 8.55. The second-order valence-corrected chi connectivity index (χ2v) is 3.73. The Kier molecular flexibility index (Phi) is 5.09. The normalized spacial score (nSPS) is 23.0. The van der Waals surface area contributed by atoms with Gasteiger partial charge in [-0.25, -0.2) is 0 Å². The van der Waals surface area contributed by atoms with Crippen LogP contribution in [0.25, 0.3) is 0 Å². The van der Waals surface area contributed by atoms with E-state index in [4.69, 9.17) is 9.47 Å². The first-order chi connectivity index (χ1) is 6.29. The molecule has 0 N–H and O–H groups in total. The second-order valence-electron chi connectivity index (χ2n) is 3.73. The molecule has 0 spiro atoms. The van der Waals surface area contributed by atoms with E-state index < -0.39 is 0 Å². The molecule has 1 aliphatic rings. The summed E-state index contributed by atoms with van der Waals surface area (Å²) >= 11 is 0. The zero-order valence-electron chi connectivity index (χ0n) is 8.55. The molecule has 0 radical (unpaired) electrons. The van der Waals surface area contributed by atoms with Crippen LogP contribution in [0, 0.1) is 0 Å². The van der Waals surface area contributed by atoms with Crippen molar-refractivity contribution in [2.75, 3.05) is 13.2 Å². The van der Waals surface area contributed by atoms with Gasteiger partial charge in [0.1, 0.15) is 0 Å². The van der Waals surface area contributed by atoms with Crippen molar-refractivity contribution < 1.29 is 9.47 Å². The van der Waals surface area contributed by atoms with Crippen LogP contribution < -0.4 is 0 Å². The van der Waals surface area contributed by atoms with Crippen molar-refractivity contribution in [3.8, 4) is 0 Å². The fraction of sp³-hybridized carbons (Fsp3) is 0.818. The molecule has 0 aromatic heterocycles. The molecular weight excluding hydrogens is 164 g/mol. The van der Waals surface area contributed by atoms with Crippen LogP contribution in [-0.4, -0.2) is 19.5 Å². The number of ether oxygens (including phenoxy) is 2. The standard InChI is InChI=1S/C11H20O2/c1-10(2)6-5-9-13-11-7-3-4-8-12-11/h11H,1,3-9H2,2H3. The Morgan fingerprint density at radius 2 is 2.38 bits per heavy atom. The summed E-state index contributed by atoms with van der Waals surface area (Å²) in [4.78, 5) is 0. The summed E-state index contributed by atoms with van der Waals surface area (Å²) in [6.07, 6.45) is 5.69. The van der Waals surface area contributed by atoms with Gasteiger partial charge >= 0.3 is 0 Å². The average Bonchev–Trinajstić information content (AvgIpc) is 2.14. The molecule has 1 rings (SSSR count). The molecule has 76 valence electrons. The summed E-state index contributed by atoms with van der Waals surface area (Å²) < 4.78 is 11.0. The van der Waals surface area contributed by atoms with Gasteiger partial charge in [-0.2, -0.15) is 0 Å². The fourth-order valence-electron chi connectivity index (χ4n) is 1.43. The molecule has 13 heavy (non-hydrogen) atoms. The highest BCUT2D eigenvalue weighted by Crippen LogP contribution is 2.14. The van der Waals surface area contributed by atoms with Gasteiger partial charge in [-0.3, -0.25) is 0 Å². The minimum absolute atomic E-state index is 0.0684. The largest absolute Gasteiger partial charge is 0.353 e. The Morgan fingerprint density at radius 1 is 1.54 bits per heavy atom. The molecule has 1 heterocycles. The SMILES string of the molecule is C=C(C)CCCOC1CCCCO1. The number of hydrogen-bond donors (Lipinski definition) is 0. The van der Waals surface area contributed by atoms with Gasteiger partial charge < -0.3 is 9.47 Å². The van der Waals surface area contributed by atoms with Crippen molar-refractivity contribution in [3.05, 3.63) is 12.2 Å². The Labute approximate surface area is 80.9 Å². The van der Waals surface area contributed by atoms with Crippen molar-refractivity contribution in [1.82, 2.24) is 0 Å². The third-order valence-corrected chi connectivity index (χ3v) is 2.19. The zero-order chi connectivity index (χ0) is 9.52. The van der Waals surface area contributed by atoms with E-state index in [-0.39, 0.29) is 6.29 Å². The Hall–Kier alpha value is -0.340. The smallest absolute Gasteiger partial charge is 0.157 e. The molecule has 1 aliphatic heterocycles. The number of allylic oxidation sites excluding steroid dienone is 1. The summed E-state index contributed by atoms with van der Waals surface area (Å²) in [5.74, 6) is 0. The molecule has 2 heteroatoms. The summed E-state index contributed by atoms with van der Waals surface area (Å²) in [5, 5.41) is 0. The van der Waals surface area contributed by atoms with Crippen LogP contribution in [0.4, 0.5) is 0 Å².